The maximum absolute atomic E-state index is 13.0. The van der Waals surface area contributed by atoms with Crippen molar-refractivity contribution in [2.75, 3.05) is 62.8 Å². The third-order valence-corrected chi connectivity index (χ3v) is 7.43. The lowest BCUT2D eigenvalue weighted by atomic mass is 10.1. The summed E-state index contributed by atoms with van der Waals surface area (Å²) < 4.78 is 29.1. The Labute approximate surface area is 174 Å². The molecule has 0 N–H and O–H groups in total. The van der Waals surface area contributed by atoms with Gasteiger partial charge in [-0.3, -0.25) is 9.69 Å². The molecule has 7 nitrogen and oxygen atoms in total. The molecular formula is C21H33N3O4S. The highest BCUT2D eigenvalue weighted by Gasteiger charge is 2.35. The molecule has 2 aliphatic heterocycles. The summed E-state index contributed by atoms with van der Waals surface area (Å²) in [7, 11) is -1.34. The van der Waals surface area contributed by atoms with E-state index in [1.165, 1.54) is 0 Å². The Hall–Kier alpha value is -1.80. The van der Waals surface area contributed by atoms with Crippen molar-refractivity contribution in [2.45, 2.75) is 26.3 Å². The molecule has 0 unspecified atom stereocenters. The molecule has 2 aliphatic rings. The van der Waals surface area contributed by atoms with Gasteiger partial charge in [-0.05, 0) is 24.5 Å². The normalized spacial score (nSPS) is 22.1. The summed E-state index contributed by atoms with van der Waals surface area (Å²) in [4.78, 5) is 19.3. The van der Waals surface area contributed by atoms with Gasteiger partial charge in [-0.2, -0.15) is 0 Å². The summed E-state index contributed by atoms with van der Waals surface area (Å²) in [5.41, 5.74) is 1.13. The molecule has 8 heteroatoms. The number of hydrogen-bond acceptors (Lipinski definition) is 6. The number of anilines is 1. The van der Waals surface area contributed by atoms with E-state index in [4.69, 9.17) is 4.74 Å². The van der Waals surface area contributed by atoms with E-state index in [1.807, 2.05) is 23.1 Å². The van der Waals surface area contributed by atoms with Crippen LogP contribution in [0.25, 0.3) is 0 Å². The number of hydrogen-bond donors (Lipinski definition) is 0. The number of rotatable bonds is 7. The molecule has 162 valence electrons. The molecule has 1 atom stereocenters. The molecule has 0 aliphatic carbocycles. The van der Waals surface area contributed by atoms with Crippen LogP contribution in [-0.4, -0.2) is 88.1 Å². The number of piperazine rings is 1. The van der Waals surface area contributed by atoms with Gasteiger partial charge in [-0.25, -0.2) is 8.42 Å². The number of sulfone groups is 1. The van der Waals surface area contributed by atoms with Gasteiger partial charge in [0.05, 0.1) is 25.2 Å². The first kappa shape index (κ1) is 21.9. The average Bonchev–Trinajstić information content (AvgIpc) is 3.06. The first-order valence-corrected chi connectivity index (χ1v) is 12.2. The van der Waals surface area contributed by atoms with Crippen molar-refractivity contribution < 1.29 is 17.9 Å². The number of nitrogens with zero attached hydrogens (tertiary/aromatic N) is 3. The topological polar surface area (TPSA) is 70.2 Å². The van der Waals surface area contributed by atoms with E-state index < -0.39 is 9.84 Å². The van der Waals surface area contributed by atoms with E-state index in [-0.39, 0.29) is 23.5 Å². The number of carbonyl (C=O) groups is 1. The van der Waals surface area contributed by atoms with Crippen LogP contribution in [0.1, 0.15) is 20.3 Å². The third-order valence-electron chi connectivity index (χ3n) is 5.68. The van der Waals surface area contributed by atoms with E-state index in [2.05, 4.69) is 29.7 Å². The van der Waals surface area contributed by atoms with Gasteiger partial charge in [0, 0.05) is 50.5 Å². The zero-order valence-corrected chi connectivity index (χ0v) is 18.5. The van der Waals surface area contributed by atoms with Crippen molar-refractivity contribution in [1.29, 1.82) is 0 Å². The van der Waals surface area contributed by atoms with Crippen LogP contribution in [0.3, 0.4) is 0 Å². The maximum Gasteiger partial charge on any atom is 0.237 e. The van der Waals surface area contributed by atoms with Crippen LogP contribution in [-0.2, 0) is 14.6 Å². The van der Waals surface area contributed by atoms with Crippen molar-refractivity contribution in [1.82, 2.24) is 9.80 Å². The van der Waals surface area contributed by atoms with Crippen molar-refractivity contribution >= 4 is 21.4 Å². The highest BCUT2D eigenvalue weighted by molar-refractivity contribution is 7.91. The van der Waals surface area contributed by atoms with Crippen LogP contribution in [0.4, 0.5) is 5.69 Å². The summed E-state index contributed by atoms with van der Waals surface area (Å²) in [6, 6.07) is 7.86. The number of ether oxygens (including phenoxy) is 1. The zero-order valence-electron chi connectivity index (χ0n) is 17.7. The van der Waals surface area contributed by atoms with Gasteiger partial charge in [0.1, 0.15) is 5.75 Å². The average molecular weight is 424 g/mol. The van der Waals surface area contributed by atoms with Gasteiger partial charge >= 0.3 is 0 Å². The Kier molecular flexibility index (Phi) is 7.05. The van der Waals surface area contributed by atoms with Crippen molar-refractivity contribution in [3.63, 3.8) is 0 Å². The minimum atomic E-state index is -3.01. The lowest BCUT2D eigenvalue weighted by Crippen LogP contribution is -2.52. The molecule has 2 heterocycles. The monoisotopic (exact) mass is 423 g/mol. The summed E-state index contributed by atoms with van der Waals surface area (Å²) >= 11 is 0. The van der Waals surface area contributed by atoms with Crippen LogP contribution in [0.15, 0.2) is 24.3 Å². The van der Waals surface area contributed by atoms with Gasteiger partial charge in [-0.15, -0.1) is 0 Å². The van der Waals surface area contributed by atoms with Gasteiger partial charge in [0.2, 0.25) is 5.91 Å². The summed E-state index contributed by atoms with van der Waals surface area (Å²) in [5.74, 6) is 1.51. The smallest absolute Gasteiger partial charge is 0.237 e. The first-order valence-electron chi connectivity index (χ1n) is 10.4. The standard InChI is InChI=1S/C21H33N3O4S/c1-17(2)14-24(19-7-12-29(26,27)16-19)21(25)15-22-8-10-23(11-9-22)18-5-4-6-20(13-18)28-3/h4-6,13,17,19H,7-12,14-16H2,1-3H3/t19-/m1/s1. The molecule has 3 rings (SSSR count). The molecule has 1 aromatic rings. The van der Waals surface area contributed by atoms with Gasteiger partial charge in [0.15, 0.2) is 9.84 Å². The predicted octanol–water partition coefficient (Wildman–Crippen LogP) is 1.49. The quantitative estimate of drug-likeness (QED) is 0.662. The lowest BCUT2D eigenvalue weighted by Gasteiger charge is -2.37. The second-order valence-corrected chi connectivity index (χ2v) is 10.7. The number of methoxy groups -OCH3 is 1. The Morgan fingerprint density at radius 3 is 2.55 bits per heavy atom. The Balaban J connectivity index is 1.57. The molecule has 29 heavy (non-hydrogen) atoms. The molecule has 2 saturated heterocycles. The number of benzene rings is 1. The van der Waals surface area contributed by atoms with E-state index in [1.54, 1.807) is 7.11 Å². The number of carbonyl (C=O) groups excluding carboxylic acids is 1. The van der Waals surface area contributed by atoms with Crippen LogP contribution in [0.2, 0.25) is 0 Å². The molecule has 0 bridgehead atoms. The van der Waals surface area contributed by atoms with Gasteiger partial charge in [0.25, 0.3) is 0 Å². The number of amides is 1. The molecule has 0 saturated carbocycles. The van der Waals surface area contributed by atoms with Crippen LogP contribution in [0, 0.1) is 5.92 Å². The molecule has 0 aromatic heterocycles. The maximum atomic E-state index is 13.0. The fraction of sp³-hybridized carbons (Fsp3) is 0.667. The van der Waals surface area contributed by atoms with Crippen LogP contribution >= 0.6 is 0 Å². The Morgan fingerprint density at radius 2 is 1.97 bits per heavy atom. The van der Waals surface area contributed by atoms with Crippen molar-refractivity contribution in [2.24, 2.45) is 5.92 Å². The zero-order chi connectivity index (χ0) is 21.0. The lowest BCUT2D eigenvalue weighted by molar-refractivity contribution is -0.135. The second-order valence-electron chi connectivity index (χ2n) is 8.46. The van der Waals surface area contributed by atoms with E-state index in [9.17, 15) is 13.2 Å². The van der Waals surface area contributed by atoms with Gasteiger partial charge < -0.3 is 14.5 Å². The molecule has 0 spiro atoms. The van der Waals surface area contributed by atoms with Crippen LogP contribution < -0.4 is 9.64 Å². The largest absolute Gasteiger partial charge is 0.497 e. The Bertz CT molecular complexity index is 804. The molecular weight excluding hydrogens is 390 g/mol. The van der Waals surface area contributed by atoms with E-state index in [0.717, 1.165) is 37.6 Å². The summed E-state index contributed by atoms with van der Waals surface area (Å²) in [6.45, 7) is 8.42. The fourth-order valence-corrected chi connectivity index (χ4v) is 5.85. The molecule has 0 radical (unpaired) electrons. The predicted molar refractivity (Wildman–Crippen MR) is 115 cm³/mol. The van der Waals surface area contributed by atoms with Crippen molar-refractivity contribution in [3.05, 3.63) is 24.3 Å². The highest BCUT2D eigenvalue weighted by atomic mass is 32.2. The fourth-order valence-electron chi connectivity index (χ4n) is 4.12. The minimum absolute atomic E-state index is 0.0515. The third kappa shape index (κ3) is 5.85. The molecule has 1 aromatic carbocycles. The Morgan fingerprint density at radius 1 is 1.24 bits per heavy atom. The second kappa shape index (κ2) is 9.34. The highest BCUT2D eigenvalue weighted by Crippen LogP contribution is 2.23. The first-order chi connectivity index (χ1) is 13.8. The van der Waals surface area contributed by atoms with Crippen molar-refractivity contribution in [3.8, 4) is 5.75 Å². The van der Waals surface area contributed by atoms with E-state index in [0.29, 0.717) is 25.4 Å². The van der Waals surface area contributed by atoms with Gasteiger partial charge in [-0.1, -0.05) is 19.9 Å². The summed E-state index contributed by atoms with van der Waals surface area (Å²) in [5, 5.41) is 0. The minimum Gasteiger partial charge on any atom is -0.497 e. The molecule has 1 amide bonds. The van der Waals surface area contributed by atoms with Crippen LogP contribution in [0.5, 0.6) is 5.75 Å². The molecule has 2 fully saturated rings. The SMILES string of the molecule is COc1cccc(N2CCN(CC(=O)N(CC(C)C)[C@@H]3CCS(=O)(=O)C3)CC2)c1. The summed E-state index contributed by atoms with van der Waals surface area (Å²) in [6.07, 6.45) is 0.560. The van der Waals surface area contributed by atoms with E-state index >= 15 is 0 Å².